The molecule has 1 aromatic rings. The van der Waals surface area contributed by atoms with Crippen LogP contribution in [0.4, 0.5) is 0 Å². The van der Waals surface area contributed by atoms with Crippen molar-refractivity contribution < 1.29 is 27.4 Å². The van der Waals surface area contributed by atoms with Crippen LogP contribution in [0.3, 0.4) is 0 Å². The lowest BCUT2D eigenvalue weighted by molar-refractivity contribution is 0.0482. The second-order valence-corrected chi connectivity index (χ2v) is 17.1. The Morgan fingerprint density at radius 1 is 1.06 bits per heavy atom. The molecule has 1 unspecified atom stereocenters. The van der Waals surface area contributed by atoms with Gasteiger partial charge in [0.1, 0.15) is 30.6 Å². The van der Waals surface area contributed by atoms with Gasteiger partial charge in [-0.2, -0.15) is 0 Å². The first-order valence-electron chi connectivity index (χ1n) is 11.9. The molecule has 0 spiro atoms. The summed E-state index contributed by atoms with van der Waals surface area (Å²) in [6, 6.07) is 5.09. The van der Waals surface area contributed by atoms with E-state index in [0.717, 1.165) is 6.42 Å². The molecule has 0 aliphatic carbocycles. The van der Waals surface area contributed by atoms with Gasteiger partial charge in [-0.25, -0.2) is 8.42 Å². The maximum atomic E-state index is 13.3. The third-order valence-electron chi connectivity index (χ3n) is 6.01. The summed E-state index contributed by atoms with van der Waals surface area (Å²) in [6.45, 7) is 10.9. The fraction of sp³-hybridized carbons (Fsp3) is 0.571. The Kier molecular flexibility index (Phi) is 13.2. The van der Waals surface area contributed by atoms with E-state index in [4.69, 9.17) is 25.4 Å². The maximum absolute atomic E-state index is 13.3. The van der Waals surface area contributed by atoms with Gasteiger partial charge in [-0.15, -0.1) is 17.9 Å². The summed E-state index contributed by atoms with van der Waals surface area (Å²) < 4.78 is 47.5. The molecule has 0 saturated heterocycles. The van der Waals surface area contributed by atoms with Crippen molar-refractivity contribution in [2.75, 3.05) is 33.6 Å². The highest BCUT2D eigenvalue weighted by molar-refractivity contribution is 7.92. The fourth-order valence-corrected chi connectivity index (χ4v) is 5.00. The molecule has 0 N–H and O–H groups in total. The van der Waals surface area contributed by atoms with Gasteiger partial charge >= 0.3 is 0 Å². The van der Waals surface area contributed by atoms with E-state index >= 15 is 0 Å². The number of terminal acetylenes is 1. The molecule has 1 rings (SSSR count). The van der Waals surface area contributed by atoms with Gasteiger partial charge in [0.15, 0.2) is 23.4 Å². The van der Waals surface area contributed by atoms with Gasteiger partial charge in [0, 0.05) is 20.6 Å². The molecule has 0 amide bonds. The second kappa shape index (κ2) is 15.0. The van der Waals surface area contributed by atoms with Crippen LogP contribution in [0.1, 0.15) is 52.0 Å². The lowest BCUT2D eigenvalue weighted by Crippen LogP contribution is -2.36. The molecule has 1 atom stereocenters. The molecule has 1 aromatic carbocycles. The van der Waals surface area contributed by atoms with Crippen LogP contribution >= 0.6 is 0 Å². The Labute approximate surface area is 219 Å². The Hall–Kier alpha value is -2.41. The number of hydrogen-bond acceptors (Lipinski definition) is 6. The van der Waals surface area contributed by atoms with Crippen LogP contribution in [-0.2, 0) is 19.3 Å². The first kappa shape index (κ1) is 31.6. The smallest absolute Gasteiger partial charge is 0.188 e. The summed E-state index contributed by atoms with van der Waals surface area (Å²) in [4.78, 5) is 0. The molecule has 0 aliphatic heterocycles. The van der Waals surface area contributed by atoms with Gasteiger partial charge in [0.05, 0.1) is 5.56 Å². The van der Waals surface area contributed by atoms with E-state index in [0.29, 0.717) is 36.3 Å². The Bertz CT molecular complexity index is 1110. The summed E-state index contributed by atoms with van der Waals surface area (Å²) in [7, 11) is -2.52. The van der Waals surface area contributed by atoms with E-state index < -0.39 is 23.2 Å². The van der Waals surface area contributed by atoms with E-state index in [2.05, 4.69) is 63.1 Å². The van der Waals surface area contributed by atoms with Crippen molar-refractivity contribution in [3.8, 4) is 47.1 Å². The van der Waals surface area contributed by atoms with E-state index in [-0.39, 0.29) is 24.4 Å². The van der Waals surface area contributed by atoms with Crippen molar-refractivity contribution in [2.24, 2.45) is 0 Å². The number of rotatable bonds is 12. The zero-order chi connectivity index (χ0) is 27.2. The van der Waals surface area contributed by atoms with Gasteiger partial charge in [-0.3, -0.25) is 0 Å². The van der Waals surface area contributed by atoms with Crippen LogP contribution in [0.5, 0.6) is 11.5 Å². The lowest BCUT2D eigenvalue weighted by Gasteiger charge is -2.31. The summed E-state index contributed by atoms with van der Waals surface area (Å²) in [6.07, 6.45) is 7.88. The van der Waals surface area contributed by atoms with Crippen molar-refractivity contribution in [2.45, 2.75) is 69.8 Å². The van der Waals surface area contributed by atoms with E-state index in [9.17, 15) is 8.42 Å². The second-order valence-electron chi connectivity index (χ2n) is 9.95. The van der Waals surface area contributed by atoms with Crippen LogP contribution < -0.4 is 9.47 Å². The maximum Gasteiger partial charge on any atom is 0.188 e. The van der Waals surface area contributed by atoms with Crippen molar-refractivity contribution in [3.63, 3.8) is 0 Å². The fourth-order valence-electron chi connectivity index (χ4n) is 2.75. The van der Waals surface area contributed by atoms with Gasteiger partial charge in [0.25, 0.3) is 0 Å². The SMILES string of the molecule is C#CCCCCC(C#C[Si](C)(C)C(C)(C)C)S(=O)(=O)CC#Cc1cc(OCOC)ccc1OCOC. The highest BCUT2D eigenvalue weighted by Crippen LogP contribution is 2.35. The zero-order valence-electron chi connectivity index (χ0n) is 22.7. The summed E-state index contributed by atoms with van der Waals surface area (Å²) in [5, 5.41) is -0.745. The Morgan fingerprint density at radius 3 is 2.33 bits per heavy atom. The first-order chi connectivity index (χ1) is 16.9. The summed E-state index contributed by atoms with van der Waals surface area (Å²) in [5.41, 5.74) is 3.87. The van der Waals surface area contributed by atoms with Crippen molar-refractivity contribution in [1.29, 1.82) is 0 Å². The van der Waals surface area contributed by atoms with Crippen LogP contribution in [-0.4, -0.2) is 55.3 Å². The number of benzene rings is 1. The predicted molar refractivity (Wildman–Crippen MR) is 148 cm³/mol. The van der Waals surface area contributed by atoms with E-state index in [1.165, 1.54) is 14.2 Å². The molecule has 0 bridgehead atoms. The first-order valence-corrected chi connectivity index (χ1v) is 16.6. The largest absolute Gasteiger partial charge is 0.468 e. The minimum Gasteiger partial charge on any atom is -0.468 e. The molecule has 6 nitrogen and oxygen atoms in total. The van der Waals surface area contributed by atoms with Gasteiger partial charge < -0.3 is 18.9 Å². The number of hydrogen-bond donors (Lipinski definition) is 0. The molecular weight excluding hydrogens is 492 g/mol. The highest BCUT2D eigenvalue weighted by Gasteiger charge is 2.34. The van der Waals surface area contributed by atoms with Gasteiger partial charge in [-0.05, 0) is 36.1 Å². The van der Waals surface area contributed by atoms with Crippen molar-refractivity contribution in [3.05, 3.63) is 23.8 Å². The molecule has 8 heteroatoms. The van der Waals surface area contributed by atoms with Gasteiger partial charge in [-0.1, -0.05) is 58.0 Å². The van der Waals surface area contributed by atoms with Gasteiger partial charge in [0.2, 0.25) is 0 Å². The standard InChI is InChI=1S/C28H40O6SSi/c1-9-10-11-12-15-26(18-20-36(7,8)28(2,3)4)35(29,30)19-13-14-24-21-25(33-22-31-5)16-17-27(24)34-23-32-6/h1,16-17,21,26H,10-12,15,19,22-23H2,2-8H3. The zero-order valence-corrected chi connectivity index (χ0v) is 24.5. The van der Waals surface area contributed by atoms with E-state index in [1.54, 1.807) is 18.2 Å². The average Bonchev–Trinajstić information content (AvgIpc) is 2.80. The third kappa shape index (κ3) is 10.7. The van der Waals surface area contributed by atoms with Crippen molar-refractivity contribution in [1.82, 2.24) is 0 Å². The third-order valence-corrected chi connectivity index (χ3v) is 12.3. The normalized spacial score (nSPS) is 12.4. The number of ether oxygens (including phenoxy) is 4. The molecular formula is C28H40O6SSi. The topological polar surface area (TPSA) is 71.1 Å². The molecule has 0 radical (unpaired) electrons. The number of unbranched alkanes of at least 4 members (excludes halogenated alkanes) is 2. The van der Waals surface area contributed by atoms with Crippen molar-refractivity contribution >= 4 is 17.9 Å². The van der Waals surface area contributed by atoms with E-state index in [1.807, 2.05) is 0 Å². The molecule has 198 valence electrons. The Morgan fingerprint density at radius 2 is 1.72 bits per heavy atom. The Balaban J connectivity index is 3.23. The molecule has 0 fully saturated rings. The molecule has 0 saturated carbocycles. The molecule has 0 aliphatic rings. The average molecular weight is 533 g/mol. The molecule has 0 aromatic heterocycles. The molecule has 0 heterocycles. The number of methoxy groups -OCH3 is 2. The predicted octanol–water partition coefficient (Wildman–Crippen LogP) is 5.03. The number of sulfone groups is 1. The minimum atomic E-state index is -3.60. The quantitative estimate of drug-likeness (QED) is 0.163. The molecule has 36 heavy (non-hydrogen) atoms. The monoisotopic (exact) mass is 532 g/mol. The van der Waals surface area contributed by atoms with Crippen LogP contribution in [0.15, 0.2) is 18.2 Å². The van der Waals surface area contributed by atoms with Crippen LogP contribution in [0.2, 0.25) is 18.1 Å². The summed E-state index contributed by atoms with van der Waals surface area (Å²) >= 11 is 0. The highest BCUT2D eigenvalue weighted by atomic mass is 32.2. The summed E-state index contributed by atoms with van der Waals surface area (Å²) in [5.74, 6) is 12.2. The minimum absolute atomic E-state index is 0.0338. The lowest BCUT2D eigenvalue weighted by atomic mass is 10.1. The van der Waals surface area contributed by atoms with Crippen LogP contribution in [0, 0.1) is 35.6 Å². The van der Waals surface area contributed by atoms with Crippen LogP contribution in [0.25, 0.3) is 0 Å².